The van der Waals surface area contributed by atoms with Crippen LogP contribution >= 0.6 is 0 Å². The van der Waals surface area contributed by atoms with Crippen LogP contribution in [0.5, 0.6) is 0 Å². The summed E-state index contributed by atoms with van der Waals surface area (Å²) in [5, 5.41) is 0. The molecule has 0 saturated heterocycles. The van der Waals surface area contributed by atoms with Crippen LogP contribution in [0, 0.1) is 5.41 Å². The van der Waals surface area contributed by atoms with E-state index in [1.807, 2.05) is 27.7 Å². The maximum Gasteiger partial charge on any atom is 0.155 e. The van der Waals surface area contributed by atoms with E-state index in [-0.39, 0.29) is 29.5 Å². The predicted molar refractivity (Wildman–Crippen MR) is 68.3 cm³/mol. The zero-order valence-electron chi connectivity index (χ0n) is 12.1. The summed E-state index contributed by atoms with van der Waals surface area (Å²) in [7, 11) is 0. The number of ether oxygens (including phenoxy) is 2. The van der Waals surface area contributed by atoms with Crippen molar-refractivity contribution in [3.63, 3.8) is 0 Å². The van der Waals surface area contributed by atoms with Crippen LogP contribution in [-0.4, -0.2) is 24.0 Å². The quantitative estimate of drug-likeness (QED) is 0.740. The van der Waals surface area contributed by atoms with Gasteiger partial charge in [-0.15, -0.1) is 0 Å². The van der Waals surface area contributed by atoms with Crippen molar-refractivity contribution in [1.82, 2.24) is 0 Å². The highest BCUT2D eigenvalue weighted by molar-refractivity contribution is 4.80. The topological polar surface area (TPSA) is 44.5 Å². The highest BCUT2D eigenvalue weighted by atomic mass is 16.7. The van der Waals surface area contributed by atoms with E-state index in [2.05, 4.69) is 27.7 Å². The minimum Gasteiger partial charge on any atom is -0.349 e. The number of rotatable bonds is 5. The zero-order chi connectivity index (χ0) is 13.1. The van der Waals surface area contributed by atoms with Crippen molar-refractivity contribution < 1.29 is 9.47 Å². The maximum absolute atomic E-state index is 5.96. The Morgan fingerprint density at radius 1 is 0.812 bits per heavy atom. The number of hydrogen-bond acceptors (Lipinski definition) is 3. The molecule has 3 atom stereocenters. The molecule has 3 nitrogen and oxygen atoms in total. The summed E-state index contributed by atoms with van der Waals surface area (Å²) in [5.74, 6) is 0. The Balaban J connectivity index is 4.15. The Morgan fingerprint density at radius 3 is 1.50 bits per heavy atom. The first-order valence-corrected chi connectivity index (χ1v) is 6.04. The molecule has 0 amide bonds. The van der Waals surface area contributed by atoms with Gasteiger partial charge in [0.1, 0.15) is 0 Å². The van der Waals surface area contributed by atoms with Gasteiger partial charge in [-0.25, -0.2) is 0 Å². The Morgan fingerprint density at radius 2 is 1.19 bits per heavy atom. The van der Waals surface area contributed by atoms with E-state index in [1.54, 1.807) is 0 Å². The lowest BCUT2D eigenvalue weighted by molar-refractivity contribution is -0.204. The maximum atomic E-state index is 5.96. The lowest BCUT2D eigenvalue weighted by Crippen LogP contribution is -2.47. The van der Waals surface area contributed by atoms with Gasteiger partial charge in [-0.3, -0.25) is 0 Å². The molecule has 0 aromatic rings. The first-order valence-electron chi connectivity index (χ1n) is 6.04. The first kappa shape index (κ1) is 15.9. The molecule has 0 radical (unpaired) electrons. The fourth-order valence-electron chi connectivity index (χ4n) is 0.986. The van der Waals surface area contributed by atoms with E-state index >= 15 is 0 Å². The summed E-state index contributed by atoms with van der Waals surface area (Å²) in [6.45, 7) is 16.3. The molecule has 98 valence electrons. The molecule has 0 aromatic heterocycles. The van der Waals surface area contributed by atoms with Gasteiger partial charge in [-0.2, -0.15) is 0 Å². The Hall–Kier alpha value is -0.120. The van der Waals surface area contributed by atoms with Gasteiger partial charge in [0.2, 0.25) is 0 Å². The van der Waals surface area contributed by atoms with Crippen molar-refractivity contribution in [3.05, 3.63) is 0 Å². The SMILES string of the molecule is CC(OC(C)C(C)(C)C)OC(C)C(C)(C)N. The Kier molecular flexibility index (Phi) is 5.44. The van der Waals surface area contributed by atoms with E-state index in [0.717, 1.165) is 0 Å². The molecule has 0 heterocycles. The van der Waals surface area contributed by atoms with Crippen LogP contribution in [0.2, 0.25) is 0 Å². The van der Waals surface area contributed by atoms with Crippen molar-refractivity contribution in [1.29, 1.82) is 0 Å². The minimum absolute atomic E-state index is 0.0327. The molecule has 0 aliphatic rings. The van der Waals surface area contributed by atoms with Crippen molar-refractivity contribution >= 4 is 0 Å². The normalized spacial score (nSPS) is 19.3. The molecule has 0 saturated carbocycles. The second-order valence-corrected chi connectivity index (χ2v) is 6.31. The number of hydrogen-bond donors (Lipinski definition) is 1. The van der Waals surface area contributed by atoms with Crippen LogP contribution in [-0.2, 0) is 9.47 Å². The molecule has 0 aromatic carbocycles. The molecular formula is C13H29NO2. The summed E-state index contributed by atoms with van der Waals surface area (Å²) in [6.07, 6.45) is -0.114. The van der Waals surface area contributed by atoms with Crippen LogP contribution < -0.4 is 5.73 Å². The van der Waals surface area contributed by atoms with Crippen LogP contribution in [0.1, 0.15) is 55.4 Å². The largest absolute Gasteiger partial charge is 0.349 e. The van der Waals surface area contributed by atoms with Crippen molar-refractivity contribution in [2.24, 2.45) is 11.1 Å². The average Bonchev–Trinajstić information content (AvgIpc) is 1.99. The highest BCUT2D eigenvalue weighted by Crippen LogP contribution is 2.23. The third kappa shape index (κ3) is 5.83. The fourth-order valence-corrected chi connectivity index (χ4v) is 0.986. The predicted octanol–water partition coefficient (Wildman–Crippen LogP) is 2.93. The van der Waals surface area contributed by atoms with Crippen molar-refractivity contribution in [3.8, 4) is 0 Å². The van der Waals surface area contributed by atoms with E-state index in [1.165, 1.54) is 0 Å². The summed E-state index contributed by atoms with van der Waals surface area (Å²) in [5.41, 5.74) is 5.74. The third-order valence-electron chi connectivity index (χ3n) is 3.06. The summed E-state index contributed by atoms with van der Waals surface area (Å²) in [6, 6.07) is 0. The zero-order valence-corrected chi connectivity index (χ0v) is 12.1. The van der Waals surface area contributed by atoms with Gasteiger partial charge in [0, 0.05) is 5.54 Å². The number of nitrogens with two attached hydrogens (primary N) is 1. The van der Waals surface area contributed by atoms with Crippen molar-refractivity contribution in [2.45, 2.75) is 79.4 Å². The molecule has 0 aliphatic heterocycles. The van der Waals surface area contributed by atoms with E-state index in [9.17, 15) is 0 Å². The summed E-state index contributed by atoms with van der Waals surface area (Å²) >= 11 is 0. The van der Waals surface area contributed by atoms with Gasteiger partial charge in [-0.05, 0) is 40.0 Å². The smallest absolute Gasteiger partial charge is 0.155 e. The van der Waals surface area contributed by atoms with Gasteiger partial charge in [-0.1, -0.05) is 20.8 Å². The fraction of sp³-hybridized carbons (Fsp3) is 1.00. The van der Waals surface area contributed by atoms with Gasteiger partial charge >= 0.3 is 0 Å². The second kappa shape index (κ2) is 5.48. The van der Waals surface area contributed by atoms with Gasteiger partial charge < -0.3 is 15.2 Å². The lowest BCUT2D eigenvalue weighted by Gasteiger charge is -2.34. The minimum atomic E-state index is -0.345. The summed E-state index contributed by atoms with van der Waals surface area (Å²) < 4.78 is 11.5. The molecule has 0 fully saturated rings. The lowest BCUT2D eigenvalue weighted by atomic mass is 9.90. The molecule has 0 spiro atoms. The molecular weight excluding hydrogens is 202 g/mol. The molecule has 0 aliphatic carbocycles. The Bertz CT molecular complexity index is 181. The van der Waals surface area contributed by atoms with E-state index in [4.69, 9.17) is 15.2 Å². The van der Waals surface area contributed by atoms with Gasteiger partial charge in [0.05, 0.1) is 12.2 Å². The highest BCUT2D eigenvalue weighted by Gasteiger charge is 2.27. The molecule has 0 bridgehead atoms. The Labute approximate surface area is 101 Å². The van der Waals surface area contributed by atoms with Crippen LogP contribution in [0.15, 0.2) is 0 Å². The first-order chi connectivity index (χ1) is 6.94. The standard InChI is InChI=1S/C13H29NO2/c1-9(12(4,5)6)15-11(3)16-10(2)13(7,8)14/h9-11H,14H2,1-8H3. The van der Waals surface area contributed by atoms with Crippen LogP contribution in [0.4, 0.5) is 0 Å². The van der Waals surface area contributed by atoms with Crippen LogP contribution in [0.25, 0.3) is 0 Å². The van der Waals surface area contributed by atoms with Gasteiger partial charge in [0.25, 0.3) is 0 Å². The second-order valence-electron chi connectivity index (χ2n) is 6.31. The third-order valence-corrected chi connectivity index (χ3v) is 3.06. The average molecular weight is 231 g/mol. The molecule has 0 rings (SSSR count). The molecule has 2 N–H and O–H groups in total. The molecule has 3 unspecified atom stereocenters. The van der Waals surface area contributed by atoms with Crippen molar-refractivity contribution in [2.75, 3.05) is 0 Å². The summed E-state index contributed by atoms with van der Waals surface area (Å²) in [4.78, 5) is 0. The van der Waals surface area contributed by atoms with Gasteiger partial charge in [0.15, 0.2) is 6.29 Å². The monoisotopic (exact) mass is 231 g/mol. The van der Waals surface area contributed by atoms with E-state index in [0.29, 0.717) is 0 Å². The van der Waals surface area contributed by atoms with Crippen LogP contribution in [0.3, 0.4) is 0 Å². The molecule has 16 heavy (non-hydrogen) atoms. The van der Waals surface area contributed by atoms with E-state index < -0.39 is 0 Å². The molecule has 3 heteroatoms.